The number of aromatic nitrogens is 1. The molecular formula is C17H23N3O3S. The molecule has 2 aromatic rings. The summed E-state index contributed by atoms with van der Waals surface area (Å²) in [7, 11) is 3.18. The molecule has 1 heterocycles. The van der Waals surface area contributed by atoms with Crippen LogP contribution in [0, 0.1) is 0 Å². The Morgan fingerprint density at radius 1 is 1.21 bits per heavy atom. The lowest BCUT2D eigenvalue weighted by atomic mass is 10.2. The number of rotatable bonds is 8. The second-order valence-corrected chi connectivity index (χ2v) is 6.08. The summed E-state index contributed by atoms with van der Waals surface area (Å²) in [6.45, 7) is 3.07. The Morgan fingerprint density at radius 2 is 2.00 bits per heavy atom. The van der Waals surface area contributed by atoms with Gasteiger partial charge in [-0.2, -0.15) is 0 Å². The van der Waals surface area contributed by atoms with Gasteiger partial charge in [-0.1, -0.05) is 13.0 Å². The van der Waals surface area contributed by atoms with Crippen molar-refractivity contribution in [1.29, 1.82) is 0 Å². The van der Waals surface area contributed by atoms with Crippen molar-refractivity contribution < 1.29 is 14.3 Å². The Labute approximate surface area is 146 Å². The number of urea groups is 1. The summed E-state index contributed by atoms with van der Waals surface area (Å²) in [6, 6.07) is 5.36. The molecule has 0 spiro atoms. The molecular weight excluding hydrogens is 326 g/mol. The van der Waals surface area contributed by atoms with Gasteiger partial charge < -0.3 is 20.1 Å². The lowest BCUT2D eigenvalue weighted by molar-refractivity contribution is 0.240. The average Bonchev–Trinajstić information content (AvgIpc) is 3.07. The molecule has 1 aromatic heterocycles. The molecule has 2 rings (SSSR count). The van der Waals surface area contributed by atoms with Crippen LogP contribution < -0.4 is 20.1 Å². The van der Waals surface area contributed by atoms with Gasteiger partial charge in [0.15, 0.2) is 11.5 Å². The van der Waals surface area contributed by atoms with E-state index in [-0.39, 0.29) is 6.03 Å². The molecule has 7 heteroatoms. The first-order valence-corrected chi connectivity index (χ1v) is 8.70. The first-order valence-electron chi connectivity index (χ1n) is 7.82. The second kappa shape index (κ2) is 9.12. The second-order valence-electron chi connectivity index (χ2n) is 5.13. The highest BCUT2D eigenvalue weighted by atomic mass is 32.1. The van der Waals surface area contributed by atoms with E-state index in [0.717, 1.165) is 29.1 Å². The average molecular weight is 349 g/mol. The van der Waals surface area contributed by atoms with E-state index < -0.39 is 0 Å². The van der Waals surface area contributed by atoms with Gasteiger partial charge in [0.2, 0.25) is 0 Å². The van der Waals surface area contributed by atoms with Gasteiger partial charge in [0.05, 0.1) is 24.9 Å². The topological polar surface area (TPSA) is 72.5 Å². The van der Waals surface area contributed by atoms with E-state index in [9.17, 15) is 4.79 Å². The summed E-state index contributed by atoms with van der Waals surface area (Å²) in [5, 5.41) is 8.84. The molecule has 0 saturated carbocycles. The van der Waals surface area contributed by atoms with Crippen LogP contribution in [-0.2, 0) is 19.4 Å². The molecule has 0 unspecified atom stereocenters. The van der Waals surface area contributed by atoms with Gasteiger partial charge in [-0.3, -0.25) is 0 Å². The number of nitrogens with one attached hydrogen (secondary N) is 2. The predicted octanol–water partition coefficient (Wildman–Crippen LogP) is 2.76. The monoisotopic (exact) mass is 349 g/mol. The number of carbonyl (C=O) groups is 1. The fourth-order valence-corrected chi connectivity index (χ4v) is 2.94. The number of benzene rings is 1. The van der Waals surface area contributed by atoms with E-state index in [1.807, 2.05) is 23.6 Å². The van der Waals surface area contributed by atoms with E-state index in [1.54, 1.807) is 25.6 Å². The number of carbonyl (C=O) groups excluding carboxylic acids is 1. The van der Waals surface area contributed by atoms with Gasteiger partial charge in [0, 0.05) is 24.9 Å². The third-order valence-corrected chi connectivity index (χ3v) is 4.51. The molecule has 6 nitrogen and oxygen atoms in total. The van der Waals surface area contributed by atoms with Gasteiger partial charge in [0.1, 0.15) is 0 Å². The highest BCUT2D eigenvalue weighted by molar-refractivity contribution is 7.09. The molecule has 0 saturated heterocycles. The zero-order valence-corrected chi connectivity index (χ0v) is 15.0. The number of ether oxygens (including phenoxy) is 2. The van der Waals surface area contributed by atoms with Crippen LogP contribution in [0.25, 0.3) is 0 Å². The van der Waals surface area contributed by atoms with E-state index in [4.69, 9.17) is 9.47 Å². The highest BCUT2D eigenvalue weighted by Gasteiger charge is 2.06. The van der Waals surface area contributed by atoms with Gasteiger partial charge >= 0.3 is 6.03 Å². The molecule has 0 aliphatic carbocycles. The summed E-state index contributed by atoms with van der Waals surface area (Å²) in [4.78, 5) is 16.3. The lowest BCUT2D eigenvalue weighted by Crippen LogP contribution is -2.36. The molecule has 0 aliphatic rings. The first-order chi connectivity index (χ1) is 11.7. The van der Waals surface area contributed by atoms with E-state index >= 15 is 0 Å². The van der Waals surface area contributed by atoms with Crippen LogP contribution in [0.3, 0.4) is 0 Å². The van der Waals surface area contributed by atoms with Crippen LogP contribution in [0.2, 0.25) is 0 Å². The number of aryl methyl sites for hydroxylation is 1. The Kier molecular flexibility index (Phi) is 6.87. The first kappa shape index (κ1) is 18.1. The number of hydrogen-bond acceptors (Lipinski definition) is 5. The Bertz CT molecular complexity index is 673. The molecule has 0 aliphatic heterocycles. The minimum Gasteiger partial charge on any atom is -0.493 e. The van der Waals surface area contributed by atoms with Crippen LogP contribution in [0.15, 0.2) is 23.6 Å². The third-order valence-electron chi connectivity index (χ3n) is 3.47. The van der Waals surface area contributed by atoms with Gasteiger partial charge in [-0.05, 0) is 24.1 Å². The Hall–Kier alpha value is -2.28. The summed E-state index contributed by atoms with van der Waals surface area (Å²) >= 11 is 1.66. The molecule has 0 bridgehead atoms. The maximum absolute atomic E-state index is 11.8. The quantitative estimate of drug-likeness (QED) is 0.769. The zero-order valence-electron chi connectivity index (χ0n) is 14.2. The maximum atomic E-state index is 11.8. The molecule has 0 atom stereocenters. The zero-order chi connectivity index (χ0) is 17.4. The van der Waals surface area contributed by atoms with Crippen molar-refractivity contribution in [2.45, 2.75) is 26.3 Å². The van der Waals surface area contributed by atoms with Crippen molar-refractivity contribution >= 4 is 17.4 Å². The van der Waals surface area contributed by atoms with Crippen LogP contribution in [0.5, 0.6) is 11.5 Å². The largest absolute Gasteiger partial charge is 0.493 e. The summed E-state index contributed by atoms with van der Waals surface area (Å²) < 4.78 is 10.4. The highest BCUT2D eigenvalue weighted by Crippen LogP contribution is 2.27. The van der Waals surface area contributed by atoms with E-state index in [0.29, 0.717) is 24.6 Å². The molecule has 1 aromatic carbocycles. The van der Waals surface area contributed by atoms with Crippen molar-refractivity contribution in [3.63, 3.8) is 0 Å². The number of thiazole rings is 1. The van der Waals surface area contributed by atoms with Crippen LogP contribution in [0.1, 0.15) is 23.2 Å². The van der Waals surface area contributed by atoms with E-state index in [1.165, 1.54) is 0 Å². The third kappa shape index (κ3) is 5.13. The van der Waals surface area contributed by atoms with Crippen molar-refractivity contribution in [3.8, 4) is 11.5 Å². The molecule has 0 radical (unpaired) electrons. The summed E-state index contributed by atoms with van der Waals surface area (Å²) in [6.07, 6.45) is 1.68. The number of hydrogen-bond donors (Lipinski definition) is 2. The molecule has 24 heavy (non-hydrogen) atoms. The predicted molar refractivity (Wildman–Crippen MR) is 95.0 cm³/mol. The Balaban J connectivity index is 1.74. The fraction of sp³-hybridized carbons (Fsp3) is 0.412. The SMILES string of the molecule is CCc1nc(CCNC(=O)NCc2ccc(OC)c(OC)c2)cs1. The van der Waals surface area contributed by atoms with Crippen molar-refractivity contribution in [1.82, 2.24) is 15.6 Å². The summed E-state index contributed by atoms with van der Waals surface area (Å²) in [5.74, 6) is 1.31. The lowest BCUT2D eigenvalue weighted by Gasteiger charge is -2.11. The van der Waals surface area contributed by atoms with E-state index in [2.05, 4.69) is 22.5 Å². The molecule has 0 fully saturated rings. The maximum Gasteiger partial charge on any atom is 0.315 e. The van der Waals surface area contributed by atoms with Gasteiger partial charge in [-0.15, -0.1) is 11.3 Å². The minimum atomic E-state index is -0.198. The van der Waals surface area contributed by atoms with Gasteiger partial charge in [-0.25, -0.2) is 9.78 Å². The smallest absolute Gasteiger partial charge is 0.315 e. The van der Waals surface area contributed by atoms with Crippen LogP contribution in [0.4, 0.5) is 4.79 Å². The van der Waals surface area contributed by atoms with Crippen LogP contribution in [-0.4, -0.2) is 31.8 Å². The van der Waals surface area contributed by atoms with Crippen LogP contribution >= 0.6 is 11.3 Å². The normalized spacial score (nSPS) is 10.3. The fourth-order valence-electron chi connectivity index (χ4n) is 2.17. The minimum absolute atomic E-state index is 0.198. The van der Waals surface area contributed by atoms with Gasteiger partial charge in [0.25, 0.3) is 0 Å². The standard InChI is InChI=1S/C17H23N3O3S/c1-4-16-20-13(11-24-16)7-8-18-17(21)19-10-12-5-6-14(22-2)15(9-12)23-3/h5-6,9,11H,4,7-8,10H2,1-3H3,(H2,18,19,21). The Morgan fingerprint density at radius 3 is 2.67 bits per heavy atom. The van der Waals surface area contributed by atoms with Crippen molar-refractivity contribution in [2.24, 2.45) is 0 Å². The number of nitrogens with zero attached hydrogens (tertiary/aromatic N) is 1. The molecule has 2 N–H and O–H groups in total. The number of methoxy groups -OCH3 is 2. The number of amides is 2. The molecule has 2 amide bonds. The van der Waals surface area contributed by atoms with Crippen molar-refractivity contribution in [2.75, 3.05) is 20.8 Å². The summed E-state index contributed by atoms with van der Waals surface area (Å²) in [5.41, 5.74) is 1.96. The molecule has 130 valence electrons. The van der Waals surface area contributed by atoms with Crippen molar-refractivity contribution in [3.05, 3.63) is 39.8 Å².